The number of likely N-dealkylation sites (tertiary alicyclic amines) is 1. The number of halogens is 1. The van der Waals surface area contributed by atoms with E-state index in [0.717, 1.165) is 67.5 Å². The number of aliphatic carboxylic acids is 1. The lowest BCUT2D eigenvalue weighted by Crippen LogP contribution is -2.39. The van der Waals surface area contributed by atoms with Crippen molar-refractivity contribution >= 4 is 29.1 Å². The van der Waals surface area contributed by atoms with Crippen LogP contribution in [0, 0.1) is 6.92 Å². The van der Waals surface area contributed by atoms with Crippen molar-refractivity contribution in [3.63, 3.8) is 0 Å². The van der Waals surface area contributed by atoms with Crippen LogP contribution in [0.1, 0.15) is 42.0 Å². The van der Waals surface area contributed by atoms with E-state index >= 15 is 0 Å². The first-order chi connectivity index (χ1) is 19.4. The molecule has 9 nitrogen and oxygen atoms in total. The minimum atomic E-state index is -1.12. The highest BCUT2D eigenvalue weighted by Gasteiger charge is 2.27. The summed E-state index contributed by atoms with van der Waals surface area (Å²) in [5.41, 5.74) is 2.69. The molecule has 0 radical (unpaired) electrons. The number of hydrogen-bond acceptors (Lipinski definition) is 7. The molecule has 10 heteroatoms. The predicted molar refractivity (Wildman–Crippen MR) is 154 cm³/mol. The highest BCUT2D eigenvalue weighted by Crippen LogP contribution is 2.27. The van der Waals surface area contributed by atoms with Crippen LogP contribution in [0.15, 0.2) is 60.1 Å². The summed E-state index contributed by atoms with van der Waals surface area (Å²) in [5, 5.41) is 10.2. The van der Waals surface area contributed by atoms with Gasteiger partial charge in [0.1, 0.15) is 17.6 Å². The number of pyridine rings is 1. The number of carboxylic acids is 1. The molecule has 0 amide bonds. The maximum absolute atomic E-state index is 11.6. The van der Waals surface area contributed by atoms with Gasteiger partial charge in [-0.15, -0.1) is 0 Å². The molecule has 5 rings (SSSR count). The van der Waals surface area contributed by atoms with Crippen LogP contribution in [0.3, 0.4) is 0 Å². The summed E-state index contributed by atoms with van der Waals surface area (Å²) in [6.07, 6.45) is 4.86. The monoisotopic (exact) mass is 563 g/mol. The van der Waals surface area contributed by atoms with Crippen molar-refractivity contribution in [2.24, 2.45) is 4.99 Å². The number of ether oxygens (including phenoxy) is 2. The van der Waals surface area contributed by atoms with Gasteiger partial charge in [-0.3, -0.25) is 4.90 Å². The average Bonchev–Trinajstić information content (AvgIpc) is 3.20. The van der Waals surface area contributed by atoms with Crippen LogP contribution >= 0.6 is 11.6 Å². The fourth-order valence-electron chi connectivity index (χ4n) is 4.99. The third-order valence-electron chi connectivity index (χ3n) is 7.27. The summed E-state index contributed by atoms with van der Waals surface area (Å²) in [6.45, 7) is 9.14. The van der Waals surface area contributed by atoms with Crippen molar-refractivity contribution in [1.82, 2.24) is 19.4 Å². The Bertz CT molecular complexity index is 1380. The average molecular weight is 564 g/mol. The molecule has 1 aromatic carbocycles. The van der Waals surface area contributed by atoms with Gasteiger partial charge in [0.05, 0.1) is 24.9 Å². The molecule has 2 saturated heterocycles. The number of nitrogens with zero attached hydrogens (tertiary/aromatic N) is 5. The van der Waals surface area contributed by atoms with E-state index in [4.69, 9.17) is 31.0 Å². The molecule has 1 unspecified atom stereocenters. The van der Waals surface area contributed by atoms with Crippen molar-refractivity contribution in [3.8, 4) is 5.88 Å². The van der Waals surface area contributed by atoms with Gasteiger partial charge in [-0.2, -0.15) is 0 Å². The molecular formula is C30H34ClN5O4. The summed E-state index contributed by atoms with van der Waals surface area (Å²) >= 11 is 6.01. The first kappa shape index (κ1) is 28.0. The van der Waals surface area contributed by atoms with Gasteiger partial charge < -0.3 is 19.1 Å². The van der Waals surface area contributed by atoms with E-state index in [0.29, 0.717) is 30.5 Å². The number of imidazole rings is 1. The van der Waals surface area contributed by atoms with Crippen LogP contribution in [0.5, 0.6) is 5.88 Å². The van der Waals surface area contributed by atoms with Gasteiger partial charge in [0.2, 0.25) is 5.88 Å². The maximum atomic E-state index is 11.6. The van der Waals surface area contributed by atoms with E-state index in [1.165, 1.54) is 6.08 Å². The van der Waals surface area contributed by atoms with Gasteiger partial charge >= 0.3 is 5.97 Å². The van der Waals surface area contributed by atoms with Gasteiger partial charge in [0, 0.05) is 42.9 Å². The number of carboxylic acid groups (broad SMARTS) is 1. The number of aliphatic imine (C=N–C) groups is 1. The SMILES string of the molecule is C=CC(=Nc1c(C)nc(CN2CCC(Oc3cccc(Cc4ccc(Cl)cc4)n3)CC2)n1CC1CCO1)C(=O)O. The molecule has 2 aliphatic heterocycles. The predicted octanol–water partition coefficient (Wildman–Crippen LogP) is 5.01. The Labute approximate surface area is 239 Å². The standard InChI is InChI=1S/C30H34ClN5O4/c1-3-26(30(37)38)34-29-20(2)32-27(36(29)18-25-13-16-39-25)19-35-14-11-24(12-15-35)40-28-6-4-5-23(33-28)17-21-7-9-22(31)10-8-21/h3-10,24-25H,1,11-19H2,2H3,(H,37,38). The van der Waals surface area contributed by atoms with Gasteiger partial charge in [0.25, 0.3) is 0 Å². The largest absolute Gasteiger partial charge is 0.477 e. The number of benzene rings is 1. The molecule has 1 N–H and O–H groups in total. The Morgan fingerprint density at radius 3 is 2.60 bits per heavy atom. The number of aryl methyl sites for hydroxylation is 1. The summed E-state index contributed by atoms with van der Waals surface area (Å²) in [6, 6.07) is 13.7. The quantitative estimate of drug-likeness (QED) is 0.327. The van der Waals surface area contributed by atoms with Crippen LogP contribution in [0.2, 0.25) is 5.02 Å². The fraction of sp³-hybridized carbons (Fsp3) is 0.400. The molecule has 0 aliphatic carbocycles. The number of carbonyl (C=O) groups is 1. The molecule has 1 atom stereocenters. The second-order valence-electron chi connectivity index (χ2n) is 10.2. The Kier molecular flexibility index (Phi) is 8.94. The minimum Gasteiger partial charge on any atom is -0.477 e. The second-order valence-corrected chi connectivity index (χ2v) is 10.6. The van der Waals surface area contributed by atoms with Gasteiger partial charge in [-0.25, -0.2) is 19.8 Å². The zero-order chi connectivity index (χ0) is 28.1. The van der Waals surface area contributed by atoms with E-state index in [-0.39, 0.29) is 17.9 Å². The number of hydrogen-bond donors (Lipinski definition) is 1. The molecule has 0 saturated carbocycles. The van der Waals surface area contributed by atoms with Gasteiger partial charge in [0.15, 0.2) is 5.82 Å². The topological polar surface area (TPSA) is 102 Å². The first-order valence-electron chi connectivity index (χ1n) is 13.6. The Morgan fingerprint density at radius 1 is 1.20 bits per heavy atom. The van der Waals surface area contributed by atoms with E-state index in [9.17, 15) is 9.90 Å². The highest BCUT2D eigenvalue weighted by molar-refractivity contribution is 6.40. The second kappa shape index (κ2) is 12.8. The van der Waals surface area contributed by atoms with Crippen molar-refractivity contribution in [1.29, 1.82) is 0 Å². The summed E-state index contributed by atoms with van der Waals surface area (Å²) in [7, 11) is 0. The van der Waals surface area contributed by atoms with E-state index in [1.54, 1.807) is 0 Å². The zero-order valence-corrected chi connectivity index (χ0v) is 23.4. The van der Waals surface area contributed by atoms with Crippen molar-refractivity contribution in [3.05, 3.63) is 82.9 Å². The fourth-order valence-corrected chi connectivity index (χ4v) is 5.12. The Morgan fingerprint density at radius 2 is 1.95 bits per heavy atom. The molecule has 40 heavy (non-hydrogen) atoms. The Balaban J connectivity index is 1.21. The summed E-state index contributed by atoms with van der Waals surface area (Å²) in [4.78, 5) is 27.8. The third kappa shape index (κ3) is 6.96. The molecule has 210 valence electrons. The van der Waals surface area contributed by atoms with E-state index in [1.807, 2.05) is 54.0 Å². The van der Waals surface area contributed by atoms with Crippen molar-refractivity contribution in [2.45, 2.75) is 57.9 Å². The van der Waals surface area contributed by atoms with Crippen LogP contribution in [0.25, 0.3) is 0 Å². The molecule has 4 heterocycles. The molecular weight excluding hydrogens is 530 g/mol. The maximum Gasteiger partial charge on any atom is 0.354 e. The molecule has 2 aromatic heterocycles. The van der Waals surface area contributed by atoms with E-state index < -0.39 is 5.97 Å². The summed E-state index contributed by atoms with van der Waals surface area (Å²) in [5.74, 6) is 0.938. The van der Waals surface area contributed by atoms with Crippen LogP contribution in [-0.4, -0.2) is 68.1 Å². The number of piperidine rings is 1. The highest BCUT2D eigenvalue weighted by atomic mass is 35.5. The van der Waals surface area contributed by atoms with Crippen molar-refractivity contribution < 1.29 is 19.4 Å². The zero-order valence-electron chi connectivity index (χ0n) is 22.6. The van der Waals surface area contributed by atoms with E-state index in [2.05, 4.69) is 16.5 Å². The van der Waals surface area contributed by atoms with Crippen molar-refractivity contribution in [2.75, 3.05) is 19.7 Å². The van der Waals surface area contributed by atoms with Crippen LogP contribution < -0.4 is 4.74 Å². The Hall–Kier alpha value is -3.53. The third-order valence-corrected chi connectivity index (χ3v) is 7.52. The summed E-state index contributed by atoms with van der Waals surface area (Å²) < 4.78 is 13.9. The van der Waals surface area contributed by atoms with Crippen LogP contribution in [-0.2, 0) is 29.0 Å². The molecule has 0 spiro atoms. The first-order valence-corrected chi connectivity index (χ1v) is 14.0. The lowest BCUT2D eigenvalue weighted by Gasteiger charge is -2.32. The molecule has 2 fully saturated rings. The number of aromatic nitrogens is 3. The van der Waals surface area contributed by atoms with Gasteiger partial charge in [-0.1, -0.05) is 36.4 Å². The van der Waals surface area contributed by atoms with Crippen LogP contribution in [0.4, 0.5) is 5.82 Å². The lowest BCUT2D eigenvalue weighted by atomic mass is 10.1. The normalized spacial score (nSPS) is 18.4. The molecule has 0 bridgehead atoms. The molecule has 3 aromatic rings. The minimum absolute atomic E-state index is 0.0837. The number of rotatable bonds is 11. The van der Waals surface area contributed by atoms with Gasteiger partial charge in [-0.05, 0) is 56.0 Å². The lowest BCUT2D eigenvalue weighted by molar-refractivity contribution is -0.129. The molecule has 2 aliphatic rings. The smallest absolute Gasteiger partial charge is 0.354 e.